The van der Waals surface area contributed by atoms with Crippen molar-refractivity contribution in [2.24, 2.45) is 5.92 Å². The van der Waals surface area contributed by atoms with Gasteiger partial charge in [0.15, 0.2) is 11.6 Å². The Hall–Kier alpha value is -3.59. The minimum absolute atomic E-state index is 0.122. The van der Waals surface area contributed by atoms with Gasteiger partial charge < -0.3 is 5.11 Å². The van der Waals surface area contributed by atoms with Crippen LogP contribution in [-0.4, -0.2) is 27.3 Å². The molecule has 1 fully saturated rings. The molecule has 176 valence electrons. The van der Waals surface area contributed by atoms with Gasteiger partial charge in [0, 0.05) is 39.9 Å². The molecule has 0 saturated heterocycles. The highest BCUT2D eigenvalue weighted by Gasteiger charge is 2.42. The lowest BCUT2D eigenvalue weighted by molar-refractivity contribution is -0.0468. The Morgan fingerprint density at radius 3 is 2.51 bits per heavy atom. The quantitative estimate of drug-likeness (QED) is 0.279. The Morgan fingerprint density at radius 1 is 1.14 bits per heavy atom. The number of hydrogen-bond acceptors (Lipinski definition) is 4. The number of carbonyl (C=O) groups is 2. The van der Waals surface area contributed by atoms with Gasteiger partial charge in [-0.15, -0.1) is 0 Å². The number of aromatic nitrogens is 1. The van der Waals surface area contributed by atoms with Crippen LogP contribution < -0.4 is 0 Å². The second kappa shape index (κ2) is 9.58. The van der Waals surface area contributed by atoms with Gasteiger partial charge in [0.25, 0.3) is 0 Å². The molecule has 0 bridgehead atoms. The fourth-order valence-corrected chi connectivity index (χ4v) is 4.42. The number of Topliss-reactive ketones (excluding diaryl/α,β-unsaturated/α-hetero) is 2. The van der Waals surface area contributed by atoms with Crippen LogP contribution in [0.2, 0.25) is 5.02 Å². The van der Waals surface area contributed by atoms with Crippen LogP contribution in [0.1, 0.15) is 62.9 Å². The van der Waals surface area contributed by atoms with Gasteiger partial charge in [0.2, 0.25) is 0 Å². The maximum absolute atomic E-state index is 13.3. The highest BCUT2D eigenvalue weighted by Crippen LogP contribution is 2.39. The molecule has 1 saturated carbocycles. The predicted molar refractivity (Wildman–Crippen MR) is 134 cm³/mol. The van der Waals surface area contributed by atoms with Crippen LogP contribution in [-0.2, 0) is 0 Å². The van der Waals surface area contributed by atoms with Crippen molar-refractivity contribution in [3.8, 4) is 11.8 Å². The van der Waals surface area contributed by atoms with Gasteiger partial charge in [-0.2, -0.15) is 0 Å². The predicted octanol–water partition coefficient (Wildman–Crippen LogP) is 5.82. The smallest absolute Gasteiger partial charge is 0.196 e. The van der Waals surface area contributed by atoms with E-state index in [1.165, 1.54) is 30.5 Å². The van der Waals surface area contributed by atoms with Crippen LogP contribution in [0.25, 0.3) is 5.57 Å². The molecule has 1 N–H and O–H groups in total. The summed E-state index contributed by atoms with van der Waals surface area (Å²) in [4.78, 5) is 30.4. The number of benzene rings is 2. The first-order valence-electron chi connectivity index (χ1n) is 11.1. The number of carbonyl (C=O) groups excluding carboxylic acids is 2. The van der Waals surface area contributed by atoms with Gasteiger partial charge in [-0.25, -0.2) is 4.39 Å². The summed E-state index contributed by atoms with van der Waals surface area (Å²) in [7, 11) is 0. The monoisotopic (exact) mass is 487 g/mol. The molecule has 0 amide bonds. The van der Waals surface area contributed by atoms with Crippen molar-refractivity contribution in [1.82, 2.24) is 4.98 Å². The average molecular weight is 488 g/mol. The lowest BCUT2D eigenvalue weighted by atomic mass is 9.69. The van der Waals surface area contributed by atoms with E-state index in [1.54, 1.807) is 38.1 Å². The van der Waals surface area contributed by atoms with Gasteiger partial charge in [0.1, 0.15) is 5.82 Å². The van der Waals surface area contributed by atoms with Crippen molar-refractivity contribution in [3.05, 3.63) is 106 Å². The standard InChI is InChI=1S/C29H23ClFNO3/c1-17-11-20(8-7-19-5-4-6-23(31)12-19)16-32-26(17)18(2)27(33)24-13-21(9-10-25(24)30)28(34)22-14-29(3,35)15-22/h4-6,9-13,16,22,35H,2,14-15H2,1,3H3. The number of pyridine rings is 1. The highest BCUT2D eigenvalue weighted by molar-refractivity contribution is 6.39. The molecule has 3 aromatic rings. The molecule has 0 radical (unpaired) electrons. The number of ketones is 2. The van der Waals surface area contributed by atoms with Crippen molar-refractivity contribution >= 4 is 28.7 Å². The van der Waals surface area contributed by atoms with Crippen LogP contribution in [0.5, 0.6) is 0 Å². The van der Waals surface area contributed by atoms with E-state index in [-0.39, 0.29) is 33.7 Å². The Morgan fingerprint density at radius 2 is 1.86 bits per heavy atom. The van der Waals surface area contributed by atoms with E-state index < -0.39 is 11.4 Å². The van der Waals surface area contributed by atoms with Gasteiger partial charge in [-0.3, -0.25) is 14.6 Å². The fourth-order valence-electron chi connectivity index (χ4n) is 4.22. The molecule has 1 aliphatic rings. The lowest BCUT2D eigenvalue weighted by Gasteiger charge is -2.39. The van der Waals surface area contributed by atoms with Crippen LogP contribution >= 0.6 is 11.6 Å². The van der Waals surface area contributed by atoms with Crippen molar-refractivity contribution in [1.29, 1.82) is 0 Å². The summed E-state index contributed by atoms with van der Waals surface area (Å²) >= 11 is 6.30. The van der Waals surface area contributed by atoms with Crippen molar-refractivity contribution in [3.63, 3.8) is 0 Å². The first-order valence-corrected chi connectivity index (χ1v) is 11.5. The van der Waals surface area contributed by atoms with E-state index in [0.717, 1.165) is 0 Å². The summed E-state index contributed by atoms with van der Waals surface area (Å²) in [6, 6.07) is 12.4. The van der Waals surface area contributed by atoms with Crippen molar-refractivity contribution < 1.29 is 19.1 Å². The molecule has 4 rings (SSSR count). The largest absolute Gasteiger partial charge is 0.390 e. The summed E-state index contributed by atoms with van der Waals surface area (Å²) in [6.45, 7) is 7.42. The molecule has 1 aromatic heterocycles. The molecular weight excluding hydrogens is 465 g/mol. The van der Waals surface area contributed by atoms with Crippen LogP contribution in [0, 0.1) is 30.5 Å². The molecule has 0 unspecified atom stereocenters. The van der Waals surface area contributed by atoms with Gasteiger partial charge in [0.05, 0.1) is 16.3 Å². The van der Waals surface area contributed by atoms with E-state index in [2.05, 4.69) is 23.4 Å². The van der Waals surface area contributed by atoms with E-state index in [0.29, 0.717) is 40.8 Å². The third kappa shape index (κ3) is 5.40. The zero-order valence-corrected chi connectivity index (χ0v) is 20.1. The number of halogens is 2. The Labute approximate surface area is 208 Å². The number of aryl methyl sites for hydroxylation is 1. The second-order valence-electron chi connectivity index (χ2n) is 9.12. The summed E-state index contributed by atoms with van der Waals surface area (Å²) < 4.78 is 13.3. The van der Waals surface area contributed by atoms with Crippen LogP contribution in [0.3, 0.4) is 0 Å². The summed E-state index contributed by atoms with van der Waals surface area (Å²) in [6.07, 6.45) is 2.31. The molecule has 1 aliphatic carbocycles. The van der Waals surface area contributed by atoms with E-state index in [1.807, 2.05) is 0 Å². The van der Waals surface area contributed by atoms with Gasteiger partial charge in [-0.05, 0) is 74.7 Å². The first kappa shape index (κ1) is 24.5. The Bertz CT molecular complexity index is 1420. The van der Waals surface area contributed by atoms with Crippen molar-refractivity contribution in [2.45, 2.75) is 32.3 Å². The zero-order valence-electron chi connectivity index (χ0n) is 19.4. The van der Waals surface area contributed by atoms with Crippen molar-refractivity contribution in [2.75, 3.05) is 0 Å². The van der Waals surface area contributed by atoms with E-state index in [4.69, 9.17) is 11.6 Å². The molecule has 35 heavy (non-hydrogen) atoms. The zero-order chi connectivity index (χ0) is 25.3. The summed E-state index contributed by atoms with van der Waals surface area (Å²) in [5.41, 5.74) is 2.10. The molecule has 1 heterocycles. The van der Waals surface area contributed by atoms with Gasteiger partial charge >= 0.3 is 0 Å². The Balaban J connectivity index is 1.55. The fraction of sp³-hybridized carbons (Fsp3) is 0.207. The number of hydrogen-bond donors (Lipinski definition) is 1. The topological polar surface area (TPSA) is 67.3 Å². The van der Waals surface area contributed by atoms with E-state index >= 15 is 0 Å². The number of aliphatic hydroxyl groups is 1. The Kier molecular flexibility index (Phi) is 6.71. The minimum atomic E-state index is -0.823. The summed E-state index contributed by atoms with van der Waals surface area (Å²) in [5, 5.41) is 10.2. The minimum Gasteiger partial charge on any atom is -0.390 e. The number of rotatable bonds is 5. The number of allylic oxidation sites excluding steroid dienone is 1. The lowest BCUT2D eigenvalue weighted by Crippen LogP contribution is -2.44. The normalized spacial score (nSPS) is 18.7. The highest BCUT2D eigenvalue weighted by atomic mass is 35.5. The SMILES string of the molecule is C=C(C(=O)c1cc(C(=O)C2CC(C)(O)C2)ccc1Cl)c1ncc(C#Cc2cccc(F)c2)cc1C. The second-order valence-corrected chi connectivity index (χ2v) is 9.53. The van der Waals surface area contributed by atoms with Crippen LogP contribution in [0.4, 0.5) is 4.39 Å². The third-order valence-electron chi connectivity index (χ3n) is 6.05. The molecule has 0 spiro atoms. The maximum atomic E-state index is 13.3. The third-order valence-corrected chi connectivity index (χ3v) is 6.38. The first-order chi connectivity index (χ1) is 16.5. The molecule has 4 nitrogen and oxygen atoms in total. The maximum Gasteiger partial charge on any atom is 0.196 e. The number of nitrogens with zero attached hydrogens (tertiary/aromatic N) is 1. The molecule has 0 aliphatic heterocycles. The summed E-state index contributed by atoms with van der Waals surface area (Å²) in [5.74, 6) is 4.64. The molecule has 6 heteroatoms. The average Bonchev–Trinajstić information content (AvgIpc) is 2.80. The van der Waals surface area contributed by atoms with Gasteiger partial charge in [-0.1, -0.05) is 36.1 Å². The molecule has 0 atom stereocenters. The van der Waals surface area contributed by atoms with Crippen LogP contribution in [0.15, 0.2) is 61.3 Å². The van der Waals surface area contributed by atoms with E-state index in [9.17, 15) is 19.1 Å². The molecular formula is C29H23ClFNO3. The molecule has 2 aromatic carbocycles.